The van der Waals surface area contributed by atoms with Crippen molar-refractivity contribution >= 4 is 11.9 Å². The third-order valence-electron chi connectivity index (χ3n) is 8.56. The number of carbonyl (C=O) groups is 2. The molecule has 0 heterocycles. The number of hydrogen-bond donors (Lipinski definition) is 0. The van der Waals surface area contributed by atoms with Crippen molar-refractivity contribution in [1.29, 1.82) is 0 Å². The normalized spacial score (nSPS) is 27.3. The van der Waals surface area contributed by atoms with Crippen molar-refractivity contribution in [3.05, 3.63) is 12.2 Å². The second-order valence-electron chi connectivity index (χ2n) is 10.4. The van der Waals surface area contributed by atoms with Gasteiger partial charge in [0, 0.05) is 12.2 Å². The molecule has 0 unspecified atom stereocenters. The highest BCUT2D eigenvalue weighted by molar-refractivity contribution is 5.92. The summed E-state index contributed by atoms with van der Waals surface area (Å²) >= 11 is 0. The molecule has 168 valence electrons. The summed E-state index contributed by atoms with van der Waals surface area (Å²) in [6.45, 7) is 0. The molecule has 0 amide bonds. The van der Waals surface area contributed by atoms with Gasteiger partial charge in [-0.1, -0.05) is 38.5 Å². The molecule has 4 nitrogen and oxygen atoms in total. The van der Waals surface area contributed by atoms with Crippen molar-refractivity contribution < 1.29 is 19.1 Å². The van der Waals surface area contributed by atoms with Crippen molar-refractivity contribution in [1.82, 2.24) is 0 Å². The maximum absolute atomic E-state index is 12.7. The lowest BCUT2D eigenvalue weighted by atomic mass is 9.74. The van der Waals surface area contributed by atoms with Crippen molar-refractivity contribution in [3.63, 3.8) is 0 Å². The number of carbonyl (C=O) groups excluding carboxylic acids is 2. The first-order chi connectivity index (χ1) is 14.6. The van der Waals surface area contributed by atoms with Gasteiger partial charge in [0.25, 0.3) is 0 Å². The number of rotatable bonds is 6. The molecule has 0 N–H and O–H groups in total. The van der Waals surface area contributed by atoms with Gasteiger partial charge in [0.1, 0.15) is 11.2 Å². The number of hydrogen-bond acceptors (Lipinski definition) is 4. The molecule has 4 rings (SSSR count). The fourth-order valence-corrected chi connectivity index (χ4v) is 7.00. The van der Waals surface area contributed by atoms with Crippen LogP contribution in [0, 0.1) is 11.8 Å². The van der Waals surface area contributed by atoms with E-state index in [4.69, 9.17) is 9.47 Å². The van der Waals surface area contributed by atoms with Crippen LogP contribution >= 0.6 is 0 Å². The summed E-state index contributed by atoms with van der Waals surface area (Å²) in [5, 5.41) is 0. The molecule has 0 aromatic carbocycles. The molecule has 0 bridgehead atoms. The summed E-state index contributed by atoms with van der Waals surface area (Å²) in [6.07, 6.45) is 23.3. The fourth-order valence-electron chi connectivity index (χ4n) is 7.00. The molecular formula is C26H40O4. The Hall–Kier alpha value is -1.32. The van der Waals surface area contributed by atoms with Crippen molar-refractivity contribution in [2.45, 2.75) is 127 Å². The van der Waals surface area contributed by atoms with E-state index in [1.54, 1.807) is 0 Å². The van der Waals surface area contributed by atoms with E-state index in [2.05, 4.69) is 0 Å². The zero-order valence-electron chi connectivity index (χ0n) is 18.7. The van der Waals surface area contributed by atoms with E-state index in [0.29, 0.717) is 11.8 Å². The van der Waals surface area contributed by atoms with Crippen LogP contribution in [-0.2, 0) is 19.1 Å². The summed E-state index contributed by atoms with van der Waals surface area (Å²) in [6, 6.07) is 0. The van der Waals surface area contributed by atoms with E-state index < -0.39 is 0 Å². The van der Waals surface area contributed by atoms with Gasteiger partial charge < -0.3 is 9.47 Å². The average Bonchev–Trinajstić information content (AvgIpc) is 3.48. The van der Waals surface area contributed by atoms with E-state index in [1.807, 2.05) is 0 Å². The van der Waals surface area contributed by atoms with E-state index in [0.717, 1.165) is 51.4 Å². The highest BCUT2D eigenvalue weighted by atomic mass is 16.6. The Kier molecular flexibility index (Phi) is 7.20. The first-order valence-corrected chi connectivity index (χ1v) is 12.8. The van der Waals surface area contributed by atoms with Crippen LogP contribution in [0.1, 0.15) is 116 Å². The molecule has 4 aliphatic rings. The van der Waals surface area contributed by atoms with Gasteiger partial charge in [-0.3, -0.25) is 0 Å². The fraction of sp³-hybridized carbons (Fsp3) is 0.846. The molecule has 4 saturated carbocycles. The zero-order chi connectivity index (χ0) is 20.9. The molecule has 0 atom stereocenters. The summed E-state index contributed by atoms with van der Waals surface area (Å²) in [5.74, 6) is 0.267. The molecule has 30 heavy (non-hydrogen) atoms. The van der Waals surface area contributed by atoms with Crippen LogP contribution in [0.3, 0.4) is 0 Å². The molecule has 4 fully saturated rings. The monoisotopic (exact) mass is 416 g/mol. The summed E-state index contributed by atoms with van der Waals surface area (Å²) < 4.78 is 12.2. The van der Waals surface area contributed by atoms with Gasteiger partial charge in [0.2, 0.25) is 0 Å². The van der Waals surface area contributed by atoms with Crippen molar-refractivity contribution in [2.75, 3.05) is 0 Å². The van der Waals surface area contributed by atoms with Crippen molar-refractivity contribution in [3.8, 4) is 0 Å². The molecule has 4 aliphatic carbocycles. The van der Waals surface area contributed by atoms with Gasteiger partial charge in [-0.25, -0.2) is 9.59 Å². The minimum absolute atomic E-state index is 0.297. The highest BCUT2D eigenvalue weighted by Crippen LogP contribution is 2.46. The Bertz CT molecular complexity index is 559. The van der Waals surface area contributed by atoms with Gasteiger partial charge in [0.15, 0.2) is 0 Å². The maximum Gasteiger partial charge on any atom is 0.331 e. The second-order valence-corrected chi connectivity index (χ2v) is 10.4. The first kappa shape index (κ1) is 21.9. The average molecular weight is 417 g/mol. The van der Waals surface area contributed by atoms with E-state index in [9.17, 15) is 9.59 Å². The molecule has 0 radical (unpaired) electrons. The largest absolute Gasteiger partial charge is 0.456 e. The predicted octanol–water partition coefficient (Wildman–Crippen LogP) is 6.42. The van der Waals surface area contributed by atoms with E-state index in [-0.39, 0.29) is 23.1 Å². The summed E-state index contributed by atoms with van der Waals surface area (Å²) in [5.41, 5.74) is -0.594. The van der Waals surface area contributed by atoms with E-state index >= 15 is 0 Å². The third-order valence-corrected chi connectivity index (χ3v) is 8.56. The van der Waals surface area contributed by atoms with Crippen LogP contribution in [0.2, 0.25) is 0 Å². The second kappa shape index (κ2) is 9.87. The molecule has 0 aromatic rings. The third kappa shape index (κ3) is 4.94. The Morgan fingerprint density at radius 2 is 0.867 bits per heavy atom. The Morgan fingerprint density at radius 3 is 1.20 bits per heavy atom. The Labute approximate surface area is 182 Å². The molecule has 4 heteroatoms. The molecule has 0 spiro atoms. The van der Waals surface area contributed by atoms with Crippen molar-refractivity contribution in [2.24, 2.45) is 11.8 Å². The lowest BCUT2D eigenvalue weighted by Crippen LogP contribution is -2.43. The smallest absolute Gasteiger partial charge is 0.331 e. The number of esters is 2. The Morgan fingerprint density at radius 1 is 0.533 bits per heavy atom. The molecular weight excluding hydrogens is 376 g/mol. The molecule has 0 aliphatic heterocycles. The van der Waals surface area contributed by atoms with Gasteiger partial charge in [-0.2, -0.15) is 0 Å². The maximum atomic E-state index is 12.7. The topological polar surface area (TPSA) is 52.6 Å². The molecule has 0 saturated heterocycles. The minimum atomic E-state index is -0.362. The van der Waals surface area contributed by atoms with Crippen LogP contribution in [0.5, 0.6) is 0 Å². The number of ether oxygens (including phenoxy) is 2. The van der Waals surface area contributed by atoms with Gasteiger partial charge in [0.05, 0.1) is 0 Å². The Balaban J connectivity index is 1.37. The predicted molar refractivity (Wildman–Crippen MR) is 117 cm³/mol. The first-order valence-electron chi connectivity index (χ1n) is 12.8. The SMILES string of the molecule is O=C(/C=C/C(=O)OC1(C2CCCC2)CCCCC1)OC1(C2CCCC2)CCCCC1. The minimum Gasteiger partial charge on any atom is -0.456 e. The van der Waals surface area contributed by atoms with Crippen LogP contribution < -0.4 is 0 Å². The lowest BCUT2D eigenvalue weighted by Gasteiger charge is -2.41. The molecule has 0 aromatic heterocycles. The summed E-state index contributed by atoms with van der Waals surface area (Å²) in [7, 11) is 0. The van der Waals surface area contributed by atoms with Crippen LogP contribution in [-0.4, -0.2) is 23.1 Å². The van der Waals surface area contributed by atoms with Gasteiger partial charge >= 0.3 is 11.9 Å². The van der Waals surface area contributed by atoms with Crippen LogP contribution in [0.25, 0.3) is 0 Å². The van der Waals surface area contributed by atoms with Gasteiger partial charge in [-0.05, 0) is 88.9 Å². The summed E-state index contributed by atoms with van der Waals surface area (Å²) in [4.78, 5) is 25.4. The van der Waals surface area contributed by atoms with Crippen LogP contribution in [0.15, 0.2) is 12.2 Å². The van der Waals surface area contributed by atoms with E-state index in [1.165, 1.54) is 76.4 Å². The van der Waals surface area contributed by atoms with Crippen LogP contribution in [0.4, 0.5) is 0 Å². The zero-order valence-corrected chi connectivity index (χ0v) is 18.7. The highest BCUT2D eigenvalue weighted by Gasteiger charge is 2.45. The quantitative estimate of drug-likeness (QED) is 0.370. The standard InChI is InChI=1S/C26H40O4/c27-23(29-25(17-7-1-8-18-25)21-11-3-4-12-21)15-16-24(28)30-26(19-9-2-10-20-26)22-13-5-6-14-22/h15-16,21-22H,1-14,17-20H2/b16-15+. The lowest BCUT2D eigenvalue weighted by molar-refractivity contribution is -0.168. The van der Waals surface area contributed by atoms with Gasteiger partial charge in [-0.15, -0.1) is 0 Å².